The van der Waals surface area contributed by atoms with E-state index < -0.39 is 33.0 Å². The van der Waals surface area contributed by atoms with E-state index in [4.69, 9.17) is 4.52 Å². The molecule has 0 aliphatic carbocycles. The quantitative estimate of drug-likeness (QED) is 0.768. The smallest absolute Gasteiger partial charge is 0.181 e. The van der Waals surface area contributed by atoms with Gasteiger partial charge in [0, 0.05) is 11.8 Å². The lowest BCUT2D eigenvalue weighted by Crippen LogP contribution is -2.05. The number of hydrogen-bond donors (Lipinski definition) is 1. The van der Waals surface area contributed by atoms with Gasteiger partial charge in [-0.05, 0) is 17.7 Å². The van der Waals surface area contributed by atoms with Crippen molar-refractivity contribution in [3.8, 4) is 22.4 Å². The Morgan fingerprint density at radius 1 is 1.08 bits per heavy atom. The number of nitrogens with zero attached hydrogens (tertiary/aromatic N) is 1. The van der Waals surface area contributed by atoms with E-state index in [0.29, 0.717) is 5.56 Å². The van der Waals surface area contributed by atoms with Crippen LogP contribution in [-0.2, 0) is 16.4 Å². The van der Waals surface area contributed by atoms with Crippen LogP contribution in [0.4, 0.5) is 8.78 Å². The summed E-state index contributed by atoms with van der Waals surface area (Å²) in [5.41, 5.74) is 1.13. The maximum absolute atomic E-state index is 14.2. The lowest BCUT2D eigenvalue weighted by atomic mass is 9.99. The van der Waals surface area contributed by atoms with Gasteiger partial charge in [0.2, 0.25) is 0 Å². The molecule has 1 heterocycles. The molecule has 2 aromatic carbocycles. The zero-order valence-corrected chi connectivity index (χ0v) is 13.8. The second kappa shape index (κ2) is 6.38. The highest BCUT2D eigenvalue weighted by Crippen LogP contribution is 2.36. The molecule has 0 unspecified atom stereocenters. The number of rotatable bonds is 4. The van der Waals surface area contributed by atoms with E-state index in [0.717, 1.165) is 18.4 Å². The molecule has 25 heavy (non-hydrogen) atoms. The summed E-state index contributed by atoms with van der Waals surface area (Å²) in [5.74, 6) is -2.42. The molecular formula is C17H13F2NO4S. The second-order valence-electron chi connectivity index (χ2n) is 5.39. The SMILES string of the molecule is CS(=O)(=O)c1c(F)cc(-c2c(-c3ccccc3)noc2CO)cc1F. The molecule has 8 heteroatoms. The molecule has 0 saturated carbocycles. The van der Waals surface area contributed by atoms with Crippen molar-refractivity contribution >= 4 is 9.84 Å². The van der Waals surface area contributed by atoms with E-state index in [1.54, 1.807) is 30.3 Å². The van der Waals surface area contributed by atoms with Crippen LogP contribution >= 0.6 is 0 Å². The van der Waals surface area contributed by atoms with Crippen molar-refractivity contribution in [2.24, 2.45) is 0 Å². The summed E-state index contributed by atoms with van der Waals surface area (Å²) in [7, 11) is -4.07. The highest BCUT2D eigenvalue weighted by molar-refractivity contribution is 7.90. The molecule has 0 spiro atoms. The van der Waals surface area contributed by atoms with Gasteiger partial charge in [-0.2, -0.15) is 0 Å². The average Bonchev–Trinajstić information content (AvgIpc) is 2.97. The molecule has 3 rings (SSSR count). The first-order valence-electron chi connectivity index (χ1n) is 7.17. The van der Waals surface area contributed by atoms with E-state index in [1.807, 2.05) is 0 Å². The normalized spacial score (nSPS) is 11.7. The Bertz CT molecular complexity index is 1010. The number of halogens is 2. The van der Waals surface area contributed by atoms with Gasteiger partial charge >= 0.3 is 0 Å². The molecule has 1 aromatic heterocycles. The third kappa shape index (κ3) is 3.18. The fourth-order valence-corrected chi connectivity index (χ4v) is 3.41. The summed E-state index contributed by atoms with van der Waals surface area (Å²) < 4.78 is 56.6. The summed E-state index contributed by atoms with van der Waals surface area (Å²) >= 11 is 0. The van der Waals surface area contributed by atoms with Crippen molar-refractivity contribution < 1.29 is 26.8 Å². The van der Waals surface area contributed by atoms with Crippen molar-refractivity contribution in [2.75, 3.05) is 6.26 Å². The number of aromatic nitrogens is 1. The maximum atomic E-state index is 14.2. The van der Waals surface area contributed by atoms with Crippen LogP contribution in [0.15, 0.2) is 51.9 Å². The second-order valence-corrected chi connectivity index (χ2v) is 7.35. The van der Waals surface area contributed by atoms with Crippen molar-refractivity contribution in [1.29, 1.82) is 0 Å². The van der Waals surface area contributed by atoms with Crippen molar-refractivity contribution in [1.82, 2.24) is 5.16 Å². The number of aliphatic hydroxyl groups is 1. The summed E-state index contributed by atoms with van der Waals surface area (Å²) in [6, 6.07) is 10.5. The molecular weight excluding hydrogens is 352 g/mol. The molecule has 3 aromatic rings. The Morgan fingerprint density at radius 2 is 1.68 bits per heavy atom. The zero-order valence-electron chi connectivity index (χ0n) is 13.0. The van der Waals surface area contributed by atoms with Gasteiger partial charge in [0.15, 0.2) is 15.6 Å². The van der Waals surface area contributed by atoms with Crippen molar-refractivity contribution in [3.05, 3.63) is 59.9 Å². The van der Waals surface area contributed by atoms with E-state index in [2.05, 4.69) is 5.16 Å². The van der Waals surface area contributed by atoms with Gasteiger partial charge in [-0.25, -0.2) is 17.2 Å². The van der Waals surface area contributed by atoms with Crippen molar-refractivity contribution in [3.63, 3.8) is 0 Å². The largest absolute Gasteiger partial charge is 0.388 e. The first-order chi connectivity index (χ1) is 11.8. The molecule has 0 aliphatic rings. The topological polar surface area (TPSA) is 80.4 Å². The van der Waals surface area contributed by atoms with Crippen LogP contribution < -0.4 is 0 Å². The van der Waals surface area contributed by atoms with Crippen LogP contribution in [0.3, 0.4) is 0 Å². The summed E-state index contributed by atoms with van der Waals surface area (Å²) in [5, 5.41) is 13.3. The van der Waals surface area contributed by atoms with Gasteiger partial charge in [-0.3, -0.25) is 0 Å². The number of benzene rings is 2. The van der Waals surface area contributed by atoms with E-state index >= 15 is 0 Å². The fourth-order valence-electron chi connectivity index (χ4n) is 2.58. The van der Waals surface area contributed by atoms with Crippen LogP contribution in [0.1, 0.15) is 5.76 Å². The highest BCUT2D eigenvalue weighted by atomic mass is 32.2. The number of sulfone groups is 1. The molecule has 0 fully saturated rings. The molecule has 1 N–H and O–H groups in total. The first kappa shape index (κ1) is 17.2. The monoisotopic (exact) mass is 365 g/mol. The van der Waals surface area contributed by atoms with Gasteiger partial charge in [0.1, 0.15) is 28.8 Å². The predicted molar refractivity (Wildman–Crippen MR) is 86.3 cm³/mol. The van der Waals surface area contributed by atoms with Gasteiger partial charge in [-0.1, -0.05) is 35.5 Å². The molecule has 5 nitrogen and oxygen atoms in total. The minimum absolute atomic E-state index is 0.0183. The van der Waals surface area contributed by atoms with Gasteiger partial charge in [0.05, 0.1) is 5.56 Å². The van der Waals surface area contributed by atoms with Crippen LogP contribution in [0.2, 0.25) is 0 Å². The summed E-state index contributed by atoms with van der Waals surface area (Å²) in [6.07, 6.45) is 0.724. The third-order valence-corrected chi connectivity index (χ3v) is 4.74. The average molecular weight is 365 g/mol. The standard InChI is InChI=1S/C17H13F2NO4S/c1-25(22,23)17-12(18)7-11(8-13(17)19)15-14(9-21)24-20-16(15)10-5-3-2-4-6-10/h2-8,21H,9H2,1H3. The van der Waals surface area contributed by atoms with Crippen LogP contribution in [0.5, 0.6) is 0 Å². The van der Waals surface area contributed by atoms with Crippen LogP contribution in [0, 0.1) is 11.6 Å². The Kier molecular flexibility index (Phi) is 4.40. The Morgan fingerprint density at radius 3 is 2.20 bits per heavy atom. The lowest BCUT2D eigenvalue weighted by molar-refractivity contribution is 0.230. The summed E-state index contributed by atoms with van der Waals surface area (Å²) in [6.45, 7) is -0.535. The van der Waals surface area contributed by atoms with E-state index in [9.17, 15) is 22.3 Å². The van der Waals surface area contributed by atoms with E-state index in [1.165, 1.54) is 0 Å². The predicted octanol–water partition coefficient (Wildman–Crippen LogP) is 3.18. The van der Waals surface area contributed by atoms with Crippen LogP contribution in [0.25, 0.3) is 22.4 Å². The molecule has 0 saturated heterocycles. The molecule has 0 amide bonds. The first-order valence-corrected chi connectivity index (χ1v) is 9.06. The molecule has 130 valence electrons. The molecule has 0 aliphatic heterocycles. The van der Waals surface area contributed by atoms with Crippen LogP contribution in [-0.4, -0.2) is 24.9 Å². The minimum atomic E-state index is -4.07. The van der Waals surface area contributed by atoms with Gasteiger partial charge < -0.3 is 9.63 Å². The highest BCUT2D eigenvalue weighted by Gasteiger charge is 2.25. The zero-order chi connectivity index (χ0) is 18.2. The Balaban J connectivity index is 2.26. The van der Waals surface area contributed by atoms with Gasteiger partial charge in [0.25, 0.3) is 0 Å². The van der Waals surface area contributed by atoms with Gasteiger partial charge in [-0.15, -0.1) is 0 Å². The lowest BCUT2D eigenvalue weighted by Gasteiger charge is -2.08. The Hall–Kier alpha value is -2.58. The number of aliphatic hydroxyl groups excluding tert-OH is 1. The Labute approximate surface area is 142 Å². The van der Waals surface area contributed by atoms with E-state index in [-0.39, 0.29) is 22.6 Å². The fraction of sp³-hybridized carbons (Fsp3) is 0.118. The maximum Gasteiger partial charge on any atom is 0.181 e. The minimum Gasteiger partial charge on any atom is -0.388 e. The molecule has 0 radical (unpaired) electrons. The molecule has 0 bridgehead atoms. The molecule has 0 atom stereocenters. The number of hydrogen-bond acceptors (Lipinski definition) is 5. The summed E-state index contributed by atoms with van der Waals surface area (Å²) in [4.78, 5) is -1.00. The van der Waals surface area contributed by atoms with Crippen molar-refractivity contribution in [2.45, 2.75) is 11.5 Å². The third-order valence-electron chi connectivity index (χ3n) is 3.61.